The third-order valence-electron chi connectivity index (χ3n) is 7.45. The van der Waals surface area contributed by atoms with Crippen LogP contribution in [0.3, 0.4) is 0 Å². The zero-order valence-electron chi connectivity index (χ0n) is 22.7. The summed E-state index contributed by atoms with van der Waals surface area (Å²) in [5.41, 5.74) is 2.19. The van der Waals surface area contributed by atoms with Crippen molar-refractivity contribution in [3.05, 3.63) is 82.4 Å². The zero-order valence-corrected chi connectivity index (χ0v) is 23.5. The van der Waals surface area contributed by atoms with Crippen molar-refractivity contribution < 1.29 is 33.6 Å². The number of carbonyl (C=O) groups is 1. The average molecular weight is 568 g/mol. The molecular weight excluding hydrogens is 534 g/mol. The Morgan fingerprint density at radius 1 is 1.02 bits per heavy atom. The number of rotatable bonds is 10. The Bertz CT molecular complexity index is 1320. The van der Waals surface area contributed by atoms with Crippen molar-refractivity contribution in [3.8, 4) is 23.0 Å². The summed E-state index contributed by atoms with van der Waals surface area (Å²) in [7, 11) is 2.94. The molecule has 0 radical (unpaired) electrons. The van der Waals surface area contributed by atoms with Gasteiger partial charge in [-0.3, -0.25) is 0 Å². The van der Waals surface area contributed by atoms with E-state index in [0.717, 1.165) is 60.0 Å². The highest BCUT2D eigenvalue weighted by Gasteiger charge is 2.42. The maximum absolute atomic E-state index is 12.3. The number of methoxy groups -OCH3 is 2. The molecular formula is C31H34ClNO7. The fourth-order valence-corrected chi connectivity index (χ4v) is 5.43. The number of ether oxygens (including phenoxy) is 5. The molecule has 0 aromatic heterocycles. The van der Waals surface area contributed by atoms with Gasteiger partial charge in [-0.25, -0.2) is 4.79 Å². The number of benzene rings is 3. The average Bonchev–Trinajstić information content (AvgIpc) is 3.33. The summed E-state index contributed by atoms with van der Waals surface area (Å²) in [5.74, 6) is 2.00. The first-order valence-corrected chi connectivity index (χ1v) is 13.7. The van der Waals surface area contributed by atoms with Crippen LogP contribution in [0.25, 0.3) is 0 Å². The van der Waals surface area contributed by atoms with E-state index in [1.54, 1.807) is 25.3 Å². The van der Waals surface area contributed by atoms with Gasteiger partial charge in [0.05, 0.1) is 14.2 Å². The van der Waals surface area contributed by atoms with Gasteiger partial charge in [0.25, 0.3) is 0 Å². The highest BCUT2D eigenvalue weighted by atomic mass is 35.5. The molecule has 1 spiro atoms. The molecule has 1 N–H and O–H groups in total. The number of piperidine rings is 1. The monoisotopic (exact) mass is 567 g/mol. The van der Waals surface area contributed by atoms with Crippen LogP contribution in [0.1, 0.15) is 34.3 Å². The largest absolute Gasteiger partial charge is 0.497 e. The van der Waals surface area contributed by atoms with Crippen LogP contribution in [0, 0.1) is 0 Å². The maximum atomic E-state index is 12.3. The fraction of sp³-hybridized carbons (Fsp3) is 0.387. The number of esters is 1. The van der Waals surface area contributed by atoms with E-state index < -0.39 is 12.1 Å². The third-order valence-corrected chi connectivity index (χ3v) is 7.69. The van der Waals surface area contributed by atoms with E-state index in [4.69, 9.17) is 35.3 Å². The minimum absolute atomic E-state index is 0.0218. The Morgan fingerprint density at radius 2 is 1.77 bits per heavy atom. The lowest BCUT2D eigenvalue weighted by atomic mass is 9.87. The molecule has 0 amide bonds. The summed E-state index contributed by atoms with van der Waals surface area (Å²) in [6, 6.07) is 18.3. The molecule has 3 aromatic rings. The highest BCUT2D eigenvalue weighted by Crippen LogP contribution is 2.42. The summed E-state index contributed by atoms with van der Waals surface area (Å²) in [6.07, 6.45) is 1.85. The molecule has 0 unspecified atom stereocenters. The number of carbonyl (C=O) groups excluding carboxylic acids is 1. The molecule has 1 atom stereocenters. The van der Waals surface area contributed by atoms with Crippen LogP contribution in [-0.2, 0) is 17.8 Å². The van der Waals surface area contributed by atoms with Gasteiger partial charge in [0, 0.05) is 50.0 Å². The fourth-order valence-electron chi connectivity index (χ4n) is 5.24. The molecule has 2 aliphatic rings. The molecule has 2 heterocycles. The van der Waals surface area contributed by atoms with Crippen molar-refractivity contribution in [2.24, 2.45) is 0 Å². The van der Waals surface area contributed by atoms with Crippen LogP contribution in [-0.4, -0.2) is 68.1 Å². The smallest absolute Gasteiger partial charge is 0.341 e. The van der Waals surface area contributed by atoms with Crippen molar-refractivity contribution in [3.63, 3.8) is 0 Å². The van der Waals surface area contributed by atoms with Crippen molar-refractivity contribution in [1.82, 2.24) is 4.90 Å². The molecule has 5 rings (SSSR count). The minimum atomic E-state index is -0.746. The van der Waals surface area contributed by atoms with Crippen molar-refractivity contribution in [2.45, 2.75) is 37.6 Å². The predicted octanol–water partition coefficient (Wildman–Crippen LogP) is 4.92. The molecule has 212 valence electrons. The molecule has 40 heavy (non-hydrogen) atoms. The lowest BCUT2D eigenvalue weighted by molar-refractivity contribution is -0.00205. The number of hydrogen-bond donors (Lipinski definition) is 1. The summed E-state index contributed by atoms with van der Waals surface area (Å²) < 4.78 is 28.3. The van der Waals surface area contributed by atoms with E-state index in [1.165, 1.54) is 7.11 Å². The first-order valence-electron chi connectivity index (χ1n) is 13.4. The molecule has 9 heteroatoms. The molecule has 1 fully saturated rings. The van der Waals surface area contributed by atoms with E-state index >= 15 is 0 Å². The molecule has 8 nitrogen and oxygen atoms in total. The van der Waals surface area contributed by atoms with Gasteiger partial charge >= 0.3 is 5.97 Å². The van der Waals surface area contributed by atoms with Crippen LogP contribution in [0.2, 0.25) is 5.02 Å². The molecule has 0 aliphatic carbocycles. The van der Waals surface area contributed by atoms with E-state index in [0.29, 0.717) is 24.7 Å². The SMILES string of the molecule is COC(=O)c1ccc(OCc2ccc(OC)cc2)cc1OC[C@H](O)CN1CCC2(CC1)Cc1cc(Cl)ccc1O2. The van der Waals surface area contributed by atoms with Gasteiger partial charge in [-0.2, -0.15) is 0 Å². The van der Waals surface area contributed by atoms with Gasteiger partial charge in [-0.15, -0.1) is 0 Å². The second-order valence-corrected chi connectivity index (χ2v) is 10.7. The van der Waals surface area contributed by atoms with Gasteiger partial charge in [0.2, 0.25) is 0 Å². The zero-order chi connectivity index (χ0) is 28.1. The minimum Gasteiger partial charge on any atom is -0.497 e. The number of aliphatic hydroxyl groups excluding tert-OH is 1. The number of fused-ring (bicyclic) bond motifs is 1. The van der Waals surface area contributed by atoms with Gasteiger partial charge in [0.15, 0.2) is 0 Å². The standard InChI is InChI=1S/C31H34ClNO7/c1-36-25-6-3-21(4-7-25)19-38-26-8-9-27(30(35)37-2)29(16-26)39-20-24(34)18-33-13-11-31(12-14-33)17-22-15-23(32)5-10-28(22)40-31/h3-10,15-16,24,34H,11-14,17-20H2,1-2H3/t24-/m1/s1. The summed E-state index contributed by atoms with van der Waals surface area (Å²) in [6.45, 7) is 2.42. The topological polar surface area (TPSA) is 86.7 Å². The van der Waals surface area contributed by atoms with Gasteiger partial charge in [-0.1, -0.05) is 23.7 Å². The number of hydrogen-bond acceptors (Lipinski definition) is 8. The van der Waals surface area contributed by atoms with Gasteiger partial charge < -0.3 is 33.7 Å². The Labute approximate surface area is 239 Å². The quantitative estimate of drug-likeness (QED) is 0.345. The predicted molar refractivity (Wildman–Crippen MR) is 151 cm³/mol. The molecule has 0 bridgehead atoms. The maximum Gasteiger partial charge on any atom is 0.341 e. The number of nitrogens with zero attached hydrogens (tertiary/aromatic N) is 1. The third kappa shape index (κ3) is 6.63. The second-order valence-electron chi connectivity index (χ2n) is 10.3. The van der Waals surface area contributed by atoms with Crippen molar-refractivity contribution in [2.75, 3.05) is 40.5 Å². The Hall–Kier alpha value is -3.46. The molecule has 3 aromatic carbocycles. The van der Waals surface area contributed by atoms with E-state index in [-0.39, 0.29) is 17.8 Å². The van der Waals surface area contributed by atoms with Crippen molar-refractivity contribution in [1.29, 1.82) is 0 Å². The molecule has 1 saturated heterocycles. The van der Waals surface area contributed by atoms with Crippen LogP contribution < -0.4 is 18.9 Å². The Morgan fingerprint density at radius 3 is 2.50 bits per heavy atom. The summed E-state index contributed by atoms with van der Waals surface area (Å²) in [4.78, 5) is 14.5. The van der Waals surface area contributed by atoms with Gasteiger partial charge in [-0.05, 0) is 53.6 Å². The van der Waals surface area contributed by atoms with Crippen LogP contribution in [0.4, 0.5) is 0 Å². The molecule has 2 aliphatic heterocycles. The Balaban J connectivity index is 1.14. The lowest BCUT2D eigenvalue weighted by Gasteiger charge is -2.39. The number of halogens is 1. The van der Waals surface area contributed by atoms with Crippen molar-refractivity contribution >= 4 is 17.6 Å². The number of aliphatic hydroxyl groups is 1. The van der Waals surface area contributed by atoms with Crippen LogP contribution >= 0.6 is 11.6 Å². The highest BCUT2D eigenvalue weighted by molar-refractivity contribution is 6.30. The second kappa shape index (κ2) is 12.4. The summed E-state index contributed by atoms with van der Waals surface area (Å²) >= 11 is 6.16. The van der Waals surface area contributed by atoms with E-state index in [9.17, 15) is 9.90 Å². The van der Waals surface area contributed by atoms with Gasteiger partial charge in [0.1, 0.15) is 53.5 Å². The lowest BCUT2D eigenvalue weighted by Crippen LogP contribution is -2.49. The number of β-amino-alcohol motifs (C(OH)–C–C–N with tert-alkyl or cyclic N) is 1. The first-order chi connectivity index (χ1) is 19.4. The van der Waals surface area contributed by atoms with E-state index in [1.807, 2.05) is 42.5 Å². The normalized spacial score (nSPS) is 16.6. The van der Waals surface area contributed by atoms with E-state index in [2.05, 4.69) is 4.90 Å². The first kappa shape index (κ1) is 28.1. The Kier molecular flexibility index (Phi) is 8.69. The number of likely N-dealkylation sites (tertiary alicyclic amines) is 1. The van der Waals surface area contributed by atoms with Crippen LogP contribution in [0.5, 0.6) is 23.0 Å². The van der Waals surface area contributed by atoms with Crippen LogP contribution in [0.15, 0.2) is 60.7 Å². The summed E-state index contributed by atoms with van der Waals surface area (Å²) in [5, 5.41) is 11.5. The molecule has 0 saturated carbocycles.